The van der Waals surface area contributed by atoms with Gasteiger partial charge in [0.1, 0.15) is 5.75 Å². The number of esters is 1. The SMILES string of the molecule is COC(=O)COc1c(C)cc(C)cc1-c1cccnc1. The highest BCUT2D eigenvalue weighted by Gasteiger charge is 2.12. The predicted octanol–water partition coefficient (Wildman–Crippen LogP) is 2.92. The van der Waals surface area contributed by atoms with Crippen molar-refractivity contribution >= 4 is 5.97 Å². The number of aromatic nitrogens is 1. The number of nitrogens with zero attached hydrogens (tertiary/aromatic N) is 1. The topological polar surface area (TPSA) is 48.4 Å². The fourth-order valence-electron chi connectivity index (χ4n) is 2.07. The molecule has 0 unspecified atom stereocenters. The highest BCUT2D eigenvalue weighted by molar-refractivity contribution is 5.74. The third kappa shape index (κ3) is 3.15. The van der Waals surface area contributed by atoms with E-state index >= 15 is 0 Å². The van der Waals surface area contributed by atoms with E-state index in [1.54, 1.807) is 12.4 Å². The number of hydrogen-bond donors (Lipinski definition) is 0. The molecule has 0 spiro atoms. The fraction of sp³-hybridized carbons (Fsp3) is 0.250. The zero-order chi connectivity index (χ0) is 14.5. The molecule has 0 radical (unpaired) electrons. The number of benzene rings is 1. The molecule has 2 rings (SSSR count). The summed E-state index contributed by atoms with van der Waals surface area (Å²) in [7, 11) is 1.34. The zero-order valence-electron chi connectivity index (χ0n) is 11.8. The van der Waals surface area contributed by atoms with Crippen LogP contribution in [0, 0.1) is 13.8 Å². The van der Waals surface area contributed by atoms with Crippen LogP contribution in [0.25, 0.3) is 11.1 Å². The maximum atomic E-state index is 11.3. The smallest absolute Gasteiger partial charge is 0.343 e. The lowest BCUT2D eigenvalue weighted by Crippen LogP contribution is -2.13. The molecule has 0 amide bonds. The molecule has 0 atom stereocenters. The van der Waals surface area contributed by atoms with Gasteiger partial charge in [-0.05, 0) is 37.1 Å². The Morgan fingerprint density at radius 2 is 2.10 bits per heavy atom. The number of methoxy groups -OCH3 is 1. The van der Waals surface area contributed by atoms with Crippen molar-refractivity contribution in [1.82, 2.24) is 4.98 Å². The van der Waals surface area contributed by atoms with E-state index in [2.05, 4.69) is 9.72 Å². The van der Waals surface area contributed by atoms with Crippen molar-refractivity contribution in [2.75, 3.05) is 13.7 Å². The second-order valence-corrected chi connectivity index (χ2v) is 4.57. The van der Waals surface area contributed by atoms with Crippen molar-refractivity contribution < 1.29 is 14.3 Å². The predicted molar refractivity (Wildman–Crippen MR) is 76.7 cm³/mol. The second-order valence-electron chi connectivity index (χ2n) is 4.57. The number of pyridine rings is 1. The van der Waals surface area contributed by atoms with Crippen LogP contribution in [0.15, 0.2) is 36.7 Å². The summed E-state index contributed by atoms with van der Waals surface area (Å²) in [5, 5.41) is 0. The largest absolute Gasteiger partial charge is 0.481 e. The molecule has 0 saturated heterocycles. The van der Waals surface area contributed by atoms with Crippen LogP contribution in [0.1, 0.15) is 11.1 Å². The summed E-state index contributed by atoms with van der Waals surface area (Å²) in [6.45, 7) is 3.88. The van der Waals surface area contributed by atoms with Crippen LogP contribution in [0.5, 0.6) is 5.75 Å². The van der Waals surface area contributed by atoms with Crippen LogP contribution in [-0.2, 0) is 9.53 Å². The summed E-state index contributed by atoms with van der Waals surface area (Å²) in [6.07, 6.45) is 3.50. The minimum absolute atomic E-state index is 0.104. The van der Waals surface area contributed by atoms with Crippen molar-refractivity contribution in [2.45, 2.75) is 13.8 Å². The van der Waals surface area contributed by atoms with Gasteiger partial charge in [-0.2, -0.15) is 0 Å². The summed E-state index contributed by atoms with van der Waals surface area (Å²) in [6, 6.07) is 7.88. The van der Waals surface area contributed by atoms with Gasteiger partial charge < -0.3 is 9.47 Å². The lowest BCUT2D eigenvalue weighted by atomic mass is 10.0. The van der Waals surface area contributed by atoms with Crippen LogP contribution in [-0.4, -0.2) is 24.7 Å². The molecule has 4 heteroatoms. The van der Waals surface area contributed by atoms with Crippen molar-refractivity contribution in [2.24, 2.45) is 0 Å². The maximum Gasteiger partial charge on any atom is 0.343 e. The van der Waals surface area contributed by atoms with Crippen LogP contribution in [0.3, 0.4) is 0 Å². The highest BCUT2D eigenvalue weighted by Crippen LogP contribution is 2.33. The Balaban J connectivity index is 2.41. The first-order valence-corrected chi connectivity index (χ1v) is 6.33. The first-order chi connectivity index (χ1) is 9.61. The number of hydrogen-bond acceptors (Lipinski definition) is 4. The van der Waals surface area contributed by atoms with Gasteiger partial charge in [0, 0.05) is 23.5 Å². The fourth-order valence-corrected chi connectivity index (χ4v) is 2.07. The van der Waals surface area contributed by atoms with E-state index < -0.39 is 5.97 Å². The molecule has 1 heterocycles. The van der Waals surface area contributed by atoms with E-state index in [4.69, 9.17) is 4.74 Å². The molecule has 4 nitrogen and oxygen atoms in total. The molecule has 0 aliphatic heterocycles. The van der Waals surface area contributed by atoms with E-state index in [0.29, 0.717) is 5.75 Å². The van der Waals surface area contributed by atoms with Crippen molar-refractivity contribution in [3.63, 3.8) is 0 Å². The Bertz CT molecular complexity index is 609. The van der Waals surface area contributed by atoms with E-state index in [0.717, 1.165) is 22.3 Å². The maximum absolute atomic E-state index is 11.3. The minimum atomic E-state index is -0.401. The standard InChI is InChI=1S/C16H17NO3/c1-11-7-12(2)16(20-10-15(18)19-3)14(8-11)13-5-4-6-17-9-13/h4-9H,10H2,1-3H3. The molecule has 0 fully saturated rings. The van der Waals surface area contributed by atoms with E-state index in [9.17, 15) is 4.79 Å². The summed E-state index contributed by atoms with van der Waals surface area (Å²) in [5.74, 6) is 0.288. The van der Waals surface area contributed by atoms with E-state index in [1.165, 1.54) is 7.11 Å². The van der Waals surface area contributed by atoms with Crippen LogP contribution in [0.2, 0.25) is 0 Å². The van der Waals surface area contributed by atoms with Gasteiger partial charge in [-0.15, -0.1) is 0 Å². The number of ether oxygens (including phenoxy) is 2. The molecular weight excluding hydrogens is 254 g/mol. The molecule has 0 saturated carbocycles. The third-order valence-electron chi connectivity index (χ3n) is 2.95. The average molecular weight is 271 g/mol. The lowest BCUT2D eigenvalue weighted by Gasteiger charge is -2.14. The lowest BCUT2D eigenvalue weighted by molar-refractivity contribution is -0.142. The molecule has 0 bridgehead atoms. The molecule has 104 valence electrons. The van der Waals surface area contributed by atoms with E-state index in [1.807, 2.05) is 38.1 Å². The van der Waals surface area contributed by atoms with Gasteiger partial charge >= 0.3 is 5.97 Å². The summed E-state index contributed by atoms with van der Waals surface area (Å²) >= 11 is 0. The Morgan fingerprint density at radius 3 is 2.75 bits per heavy atom. The van der Waals surface area contributed by atoms with Crippen molar-refractivity contribution in [1.29, 1.82) is 0 Å². The molecule has 2 aromatic rings. The molecule has 1 aromatic heterocycles. The third-order valence-corrected chi connectivity index (χ3v) is 2.95. The summed E-state index contributed by atoms with van der Waals surface area (Å²) in [5.41, 5.74) is 4.00. The second kappa shape index (κ2) is 6.19. The number of carbonyl (C=O) groups excluding carboxylic acids is 1. The van der Waals surface area contributed by atoms with Crippen molar-refractivity contribution in [3.05, 3.63) is 47.8 Å². The van der Waals surface area contributed by atoms with Crippen LogP contribution >= 0.6 is 0 Å². The molecule has 1 aromatic carbocycles. The zero-order valence-corrected chi connectivity index (χ0v) is 11.8. The Morgan fingerprint density at radius 1 is 1.30 bits per heavy atom. The Labute approximate surface area is 118 Å². The molecule has 0 aliphatic carbocycles. The number of rotatable bonds is 4. The highest BCUT2D eigenvalue weighted by atomic mass is 16.6. The Kier molecular flexibility index (Phi) is 4.35. The van der Waals surface area contributed by atoms with Gasteiger partial charge in [-0.25, -0.2) is 4.79 Å². The van der Waals surface area contributed by atoms with Crippen LogP contribution < -0.4 is 4.74 Å². The van der Waals surface area contributed by atoms with Gasteiger partial charge in [0.15, 0.2) is 6.61 Å². The number of carbonyl (C=O) groups is 1. The first kappa shape index (κ1) is 14.1. The van der Waals surface area contributed by atoms with Crippen LogP contribution in [0.4, 0.5) is 0 Å². The molecule has 0 aliphatic rings. The Hall–Kier alpha value is -2.36. The van der Waals surface area contributed by atoms with Gasteiger partial charge in [0.25, 0.3) is 0 Å². The minimum Gasteiger partial charge on any atom is -0.481 e. The monoisotopic (exact) mass is 271 g/mol. The van der Waals surface area contributed by atoms with Gasteiger partial charge in [-0.3, -0.25) is 4.98 Å². The first-order valence-electron chi connectivity index (χ1n) is 6.33. The van der Waals surface area contributed by atoms with E-state index in [-0.39, 0.29) is 6.61 Å². The quantitative estimate of drug-likeness (QED) is 0.802. The summed E-state index contributed by atoms with van der Waals surface area (Å²) in [4.78, 5) is 15.4. The molecular formula is C16H17NO3. The van der Waals surface area contributed by atoms with Crippen molar-refractivity contribution in [3.8, 4) is 16.9 Å². The molecule has 20 heavy (non-hydrogen) atoms. The summed E-state index contributed by atoms with van der Waals surface area (Å²) < 4.78 is 10.2. The molecule has 0 N–H and O–H groups in total. The van der Waals surface area contributed by atoms with Gasteiger partial charge in [0.2, 0.25) is 0 Å². The normalized spacial score (nSPS) is 10.2. The van der Waals surface area contributed by atoms with Gasteiger partial charge in [-0.1, -0.05) is 12.1 Å². The van der Waals surface area contributed by atoms with Gasteiger partial charge in [0.05, 0.1) is 7.11 Å². The average Bonchev–Trinajstić information content (AvgIpc) is 2.46. The number of aryl methyl sites for hydroxylation is 2.